The molecule has 0 saturated carbocycles. The second kappa shape index (κ2) is 8.82. The van der Waals surface area contributed by atoms with E-state index in [0.717, 1.165) is 24.3 Å². The van der Waals surface area contributed by atoms with Crippen LogP contribution in [0, 0.1) is 0 Å². The Kier molecular flexibility index (Phi) is 6.00. The van der Waals surface area contributed by atoms with E-state index in [1.54, 1.807) is 0 Å². The lowest BCUT2D eigenvalue weighted by Gasteiger charge is -2.24. The van der Waals surface area contributed by atoms with E-state index in [-0.39, 0.29) is 45.6 Å². The molecule has 0 radical (unpaired) electrons. The van der Waals surface area contributed by atoms with Crippen LogP contribution in [-0.4, -0.2) is 42.3 Å². The Morgan fingerprint density at radius 1 is 1.00 bits per heavy atom. The van der Waals surface area contributed by atoms with E-state index in [1.165, 1.54) is 29.9 Å². The lowest BCUT2D eigenvalue weighted by Crippen LogP contribution is -2.36. The molecule has 3 N–H and O–H groups in total. The third kappa shape index (κ3) is 4.36. The number of nitrogens with one attached hydrogen (secondary N) is 1. The predicted molar refractivity (Wildman–Crippen MR) is 124 cm³/mol. The van der Waals surface area contributed by atoms with Gasteiger partial charge in [-0.3, -0.25) is 4.79 Å². The molecule has 1 atom stereocenters. The molecule has 0 spiro atoms. The van der Waals surface area contributed by atoms with E-state index in [9.17, 15) is 39.9 Å². The number of nitrogen functional groups attached to an aromatic ring is 1. The normalized spacial score (nSPS) is 17.8. The zero-order valence-corrected chi connectivity index (χ0v) is 20.2. The highest BCUT2D eigenvalue weighted by atomic mass is 19.4. The van der Waals surface area contributed by atoms with Gasteiger partial charge in [0.05, 0.1) is 16.8 Å². The number of carbonyl (C=O) groups is 1. The van der Waals surface area contributed by atoms with Crippen LogP contribution in [0.15, 0.2) is 42.9 Å². The third-order valence-corrected chi connectivity index (χ3v) is 6.68. The molecule has 1 unspecified atom stereocenters. The van der Waals surface area contributed by atoms with Crippen LogP contribution in [-0.2, 0) is 22.8 Å². The smallest absolute Gasteiger partial charge is 0.383 e. The minimum Gasteiger partial charge on any atom is -0.383 e. The van der Waals surface area contributed by atoms with Gasteiger partial charge < -0.3 is 15.5 Å². The van der Waals surface area contributed by atoms with Crippen LogP contribution in [0.2, 0.25) is 0 Å². The largest absolute Gasteiger partial charge is 0.453 e. The van der Waals surface area contributed by atoms with E-state index in [2.05, 4.69) is 25.3 Å². The molecular formula is C24H17F8N7O. The Morgan fingerprint density at radius 2 is 1.68 bits per heavy atom. The number of halogens is 8. The highest BCUT2D eigenvalue weighted by molar-refractivity contribution is 6.09. The molecular weight excluding hydrogens is 554 g/mol. The van der Waals surface area contributed by atoms with Gasteiger partial charge in [0.25, 0.3) is 0 Å². The van der Waals surface area contributed by atoms with Crippen molar-refractivity contribution in [2.45, 2.75) is 43.5 Å². The van der Waals surface area contributed by atoms with Crippen LogP contribution >= 0.6 is 0 Å². The average molecular weight is 571 g/mol. The van der Waals surface area contributed by atoms with Crippen molar-refractivity contribution >= 4 is 23.2 Å². The van der Waals surface area contributed by atoms with Gasteiger partial charge in [-0.2, -0.15) is 35.1 Å². The second-order valence-electron chi connectivity index (χ2n) is 9.24. The van der Waals surface area contributed by atoms with E-state index in [0.29, 0.717) is 0 Å². The second-order valence-corrected chi connectivity index (χ2v) is 9.24. The Balaban J connectivity index is 1.54. The summed E-state index contributed by atoms with van der Waals surface area (Å²) in [4.78, 5) is 29.6. The number of hydrogen-bond acceptors (Lipinski definition) is 6. The highest BCUT2D eigenvalue weighted by Gasteiger charge is 2.56. The van der Waals surface area contributed by atoms with Crippen LogP contribution in [0.1, 0.15) is 35.7 Å². The van der Waals surface area contributed by atoms with Crippen molar-refractivity contribution in [2.24, 2.45) is 0 Å². The average Bonchev–Trinajstić information content (AvgIpc) is 3.44. The maximum Gasteiger partial charge on any atom is 0.453 e. The molecule has 210 valence electrons. The number of fused-ring (bicyclic) bond motifs is 2. The molecule has 1 aliphatic heterocycles. The molecule has 16 heteroatoms. The summed E-state index contributed by atoms with van der Waals surface area (Å²) in [6, 6.07) is 3.93. The van der Waals surface area contributed by atoms with E-state index >= 15 is 0 Å². The van der Waals surface area contributed by atoms with Gasteiger partial charge in [-0.15, -0.1) is 0 Å². The van der Waals surface area contributed by atoms with Crippen LogP contribution in [0.4, 0.5) is 46.8 Å². The first-order valence-electron chi connectivity index (χ1n) is 11.5. The Bertz CT molecular complexity index is 1630. The fourth-order valence-electron chi connectivity index (χ4n) is 4.48. The van der Waals surface area contributed by atoms with Crippen LogP contribution in [0.3, 0.4) is 0 Å². The summed E-state index contributed by atoms with van der Waals surface area (Å²) in [5.41, 5.74) is 3.78. The first kappa shape index (κ1) is 27.2. The molecule has 0 bridgehead atoms. The molecule has 5 rings (SSSR count). The Labute approximate surface area is 219 Å². The van der Waals surface area contributed by atoms with Crippen molar-refractivity contribution in [1.82, 2.24) is 24.3 Å². The molecule has 1 aliphatic rings. The van der Waals surface area contributed by atoms with Crippen molar-refractivity contribution in [3.8, 4) is 11.5 Å². The SMILES string of the molecule is CC1(c2ccc(C(F)(F)F)cc2)C(=O)Nc2nc(-c3cn4ccnc4c(CCC(F)(F)C(F)(F)F)n3)nc(N)c21. The van der Waals surface area contributed by atoms with Crippen molar-refractivity contribution in [3.05, 3.63) is 65.2 Å². The summed E-state index contributed by atoms with van der Waals surface area (Å²) in [6.45, 7) is 1.44. The number of anilines is 2. The summed E-state index contributed by atoms with van der Waals surface area (Å²) in [7, 11) is 0. The minimum atomic E-state index is -5.74. The minimum absolute atomic E-state index is 0.0408. The maximum absolute atomic E-state index is 13.6. The van der Waals surface area contributed by atoms with Crippen molar-refractivity contribution in [3.63, 3.8) is 0 Å². The summed E-state index contributed by atoms with van der Waals surface area (Å²) < 4.78 is 106. The fraction of sp³-hybridized carbons (Fsp3) is 0.292. The van der Waals surface area contributed by atoms with Gasteiger partial charge in [0.1, 0.15) is 22.7 Å². The van der Waals surface area contributed by atoms with Crippen LogP contribution < -0.4 is 11.1 Å². The van der Waals surface area contributed by atoms with Gasteiger partial charge in [0, 0.05) is 25.0 Å². The van der Waals surface area contributed by atoms with E-state index in [4.69, 9.17) is 5.73 Å². The number of imidazole rings is 1. The van der Waals surface area contributed by atoms with Crippen LogP contribution in [0.25, 0.3) is 17.2 Å². The van der Waals surface area contributed by atoms with Gasteiger partial charge in [-0.05, 0) is 31.0 Å². The summed E-state index contributed by atoms with van der Waals surface area (Å²) in [5, 5.41) is 2.53. The number of alkyl halides is 8. The number of nitrogens with zero attached hydrogens (tertiary/aromatic N) is 5. The number of hydrogen-bond donors (Lipinski definition) is 2. The number of amides is 1. The van der Waals surface area contributed by atoms with E-state index < -0.39 is 48.0 Å². The number of aromatic nitrogens is 5. The summed E-state index contributed by atoms with van der Waals surface area (Å²) in [5.74, 6) is -6.08. The number of benzene rings is 1. The zero-order valence-electron chi connectivity index (χ0n) is 20.2. The first-order chi connectivity index (χ1) is 18.5. The quantitative estimate of drug-likeness (QED) is 0.320. The lowest BCUT2D eigenvalue weighted by atomic mass is 9.77. The first-order valence-corrected chi connectivity index (χ1v) is 11.5. The van der Waals surface area contributed by atoms with Crippen molar-refractivity contribution in [2.75, 3.05) is 11.1 Å². The summed E-state index contributed by atoms with van der Waals surface area (Å²) >= 11 is 0. The number of aryl methyl sites for hydroxylation is 1. The highest BCUT2D eigenvalue weighted by Crippen LogP contribution is 2.45. The number of carbonyl (C=O) groups excluding carboxylic acids is 1. The molecule has 40 heavy (non-hydrogen) atoms. The van der Waals surface area contributed by atoms with Crippen molar-refractivity contribution < 1.29 is 39.9 Å². The van der Waals surface area contributed by atoms with Gasteiger partial charge in [0.15, 0.2) is 11.5 Å². The summed E-state index contributed by atoms with van der Waals surface area (Å²) in [6.07, 6.45) is -8.65. The monoisotopic (exact) mass is 571 g/mol. The molecule has 4 heterocycles. The molecule has 8 nitrogen and oxygen atoms in total. The van der Waals surface area contributed by atoms with E-state index in [1.807, 2.05) is 0 Å². The number of rotatable bonds is 5. The van der Waals surface area contributed by atoms with Gasteiger partial charge in [-0.25, -0.2) is 19.9 Å². The predicted octanol–water partition coefficient (Wildman–Crippen LogP) is 5.18. The molecule has 0 fully saturated rings. The zero-order chi connectivity index (χ0) is 29.3. The van der Waals surface area contributed by atoms with Crippen molar-refractivity contribution in [1.29, 1.82) is 0 Å². The topological polar surface area (TPSA) is 111 Å². The molecule has 4 aromatic rings. The molecule has 3 aromatic heterocycles. The third-order valence-electron chi connectivity index (χ3n) is 6.68. The molecule has 0 aliphatic carbocycles. The van der Waals surface area contributed by atoms with Crippen LogP contribution in [0.5, 0.6) is 0 Å². The van der Waals surface area contributed by atoms with Gasteiger partial charge >= 0.3 is 18.3 Å². The maximum atomic E-state index is 13.6. The Morgan fingerprint density at radius 3 is 2.30 bits per heavy atom. The van der Waals surface area contributed by atoms with Gasteiger partial charge in [0.2, 0.25) is 5.91 Å². The van der Waals surface area contributed by atoms with Gasteiger partial charge in [-0.1, -0.05) is 12.1 Å². The molecule has 1 aromatic carbocycles. The Hall–Kier alpha value is -4.37. The molecule has 0 saturated heterocycles. The molecule has 1 amide bonds. The lowest BCUT2D eigenvalue weighted by molar-refractivity contribution is -0.284. The standard InChI is InChI=1S/C24H17F8N7O/c1-21(11-2-4-12(5-3-11)23(27,28)29)15-16(33)36-17(37-18(15)38-20(21)40)14-10-39-9-8-34-19(39)13(35-14)6-7-22(25,26)24(30,31)32/h2-5,8-10H,6-7H2,1H3,(H3,33,36,37,38,40). The number of nitrogens with two attached hydrogens (primary N) is 1. The fourth-order valence-corrected chi connectivity index (χ4v) is 4.48.